The molecular weight excluding hydrogens is 352 g/mol. The van der Waals surface area contributed by atoms with Crippen molar-refractivity contribution in [2.45, 2.75) is 33.4 Å². The fraction of sp³-hybridized carbons (Fsp3) is 0.333. The molecule has 1 aliphatic rings. The van der Waals surface area contributed by atoms with Crippen molar-refractivity contribution in [3.63, 3.8) is 0 Å². The van der Waals surface area contributed by atoms with Crippen LogP contribution in [0.5, 0.6) is 0 Å². The van der Waals surface area contributed by atoms with E-state index >= 15 is 0 Å². The second-order valence-corrected chi connectivity index (χ2v) is 6.81. The Morgan fingerprint density at radius 2 is 1.96 bits per heavy atom. The highest BCUT2D eigenvalue weighted by atomic mass is 32.1. The van der Waals surface area contributed by atoms with E-state index < -0.39 is 6.04 Å². The van der Waals surface area contributed by atoms with Crippen LogP contribution in [0.25, 0.3) is 0 Å². The highest BCUT2D eigenvalue weighted by Crippen LogP contribution is 2.28. The molecule has 3 rings (SSSR count). The number of thiazole rings is 1. The topological polar surface area (TPSA) is 73.8 Å². The Labute approximate surface area is 155 Å². The number of aromatic nitrogens is 1. The Hall–Kier alpha value is -2.74. The Bertz CT molecular complexity index is 836. The lowest BCUT2D eigenvalue weighted by Gasteiger charge is -2.19. The lowest BCUT2D eigenvalue weighted by Crippen LogP contribution is -2.33. The van der Waals surface area contributed by atoms with Gasteiger partial charge in [0.2, 0.25) is 5.91 Å². The van der Waals surface area contributed by atoms with Crippen LogP contribution in [0.2, 0.25) is 0 Å². The lowest BCUT2D eigenvalue weighted by atomic mass is 10.2. The SMILES string of the molecule is CCN(C(C)=O)c1nc(CN2C(=O)[C@@H](C)N(c3ccccc3)C2=O)cs1. The van der Waals surface area contributed by atoms with Gasteiger partial charge in [-0.15, -0.1) is 11.3 Å². The summed E-state index contributed by atoms with van der Waals surface area (Å²) in [5, 5.41) is 2.35. The van der Waals surface area contributed by atoms with Crippen LogP contribution in [0.3, 0.4) is 0 Å². The molecule has 0 spiro atoms. The fourth-order valence-corrected chi connectivity index (χ4v) is 3.87. The zero-order valence-corrected chi connectivity index (χ0v) is 15.7. The fourth-order valence-electron chi connectivity index (χ4n) is 2.94. The van der Waals surface area contributed by atoms with E-state index in [0.29, 0.717) is 23.1 Å². The number of para-hydroxylation sites is 1. The summed E-state index contributed by atoms with van der Waals surface area (Å²) in [6.07, 6.45) is 0. The van der Waals surface area contributed by atoms with Crippen molar-refractivity contribution in [2.24, 2.45) is 0 Å². The van der Waals surface area contributed by atoms with Gasteiger partial charge in [0.1, 0.15) is 6.04 Å². The van der Waals surface area contributed by atoms with Crippen molar-refractivity contribution in [1.29, 1.82) is 0 Å². The Morgan fingerprint density at radius 1 is 1.27 bits per heavy atom. The minimum absolute atomic E-state index is 0.0920. The molecule has 1 saturated heterocycles. The van der Waals surface area contributed by atoms with Crippen molar-refractivity contribution < 1.29 is 14.4 Å². The summed E-state index contributed by atoms with van der Waals surface area (Å²) >= 11 is 1.33. The van der Waals surface area contributed by atoms with Gasteiger partial charge in [0, 0.05) is 24.5 Å². The summed E-state index contributed by atoms with van der Waals surface area (Å²) in [6, 6.07) is 8.21. The van der Waals surface area contributed by atoms with Crippen LogP contribution in [0.4, 0.5) is 15.6 Å². The summed E-state index contributed by atoms with van der Waals surface area (Å²) in [4.78, 5) is 45.7. The quantitative estimate of drug-likeness (QED) is 0.757. The summed E-state index contributed by atoms with van der Waals surface area (Å²) < 4.78 is 0. The molecule has 7 nitrogen and oxygen atoms in total. The number of nitrogens with zero attached hydrogens (tertiary/aromatic N) is 4. The molecule has 8 heteroatoms. The molecule has 0 saturated carbocycles. The van der Waals surface area contributed by atoms with Crippen LogP contribution in [0.1, 0.15) is 26.5 Å². The van der Waals surface area contributed by atoms with E-state index in [1.54, 1.807) is 29.3 Å². The molecule has 1 aliphatic heterocycles. The van der Waals surface area contributed by atoms with Crippen LogP contribution < -0.4 is 9.80 Å². The summed E-state index contributed by atoms with van der Waals surface area (Å²) in [5.41, 5.74) is 1.28. The molecule has 0 unspecified atom stereocenters. The molecular formula is C18H20N4O3S. The molecule has 0 N–H and O–H groups in total. The predicted octanol–water partition coefficient (Wildman–Crippen LogP) is 2.87. The van der Waals surface area contributed by atoms with Crippen LogP contribution >= 0.6 is 11.3 Å². The van der Waals surface area contributed by atoms with Gasteiger partial charge in [-0.1, -0.05) is 18.2 Å². The maximum atomic E-state index is 12.8. The third-order valence-electron chi connectivity index (χ3n) is 4.27. The van der Waals surface area contributed by atoms with Gasteiger partial charge in [0.05, 0.1) is 12.2 Å². The van der Waals surface area contributed by atoms with Crippen LogP contribution in [0.15, 0.2) is 35.7 Å². The zero-order chi connectivity index (χ0) is 18.8. The molecule has 0 bridgehead atoms. The first-order valence-corrected chi connectivity index (χ1v) is 9.24. The predicted molar refractivity (Wildman–Crippen MR) is 100 cm³/mol. The minimum Gasteiger partial charge on any atom is -0.289 e. The number of rotatable bonds is 5. The lowest BCUT2D eigenvalue weighted by molar-refractivity contribution is -0.127. The van der Waals surface area contributed by atoms with E-state index in [0.717, 1.165) is 0 Å². The number of imide groups is 1. The number of urea groups is 1. The standard InChI is InChI=1S/C18H20N4O3S/c1-4-20(13(3)23)17-19-14(11-26-17)10-21-16(24)12(2)22(18(21)25)15-8-6-5-7-9-15/h5-9,11-12H,4,10H2,1-3H3/t12-/m1/s1. The minimum atomic E-state index is -0.563. The summed E-state index contributed by atoms with van der Waals surface area (Å²) in [5.74, 6) is -0.349. The van der Waals surface area contributed by atoms with E-state index in [1.807, 2.05) is 25.1 Å². The monoisotopic (exact) mass is 372 g/mol. The first kappa shape index (κ1) is 18.1. The highest BCUT2D eigenvalue weighted by Gasteiger charge is 2.43. The molecule has 0 aliphatic carbocycles. The molecule has 2 aromatic rings. The molecule has 2 heterocycles. The maximum absolute atomic E-state index is 12.8. The average molecular weight is 372 g/mol. The number of hydrogen-bond donors (Lipinski definition) is 0. The van der Waals surface area contributed by atoms with Crippen LogP contribution in [-0.4, -0.2) is 40.3 Å². The Balaban J connectivity index is 1.80. The maximum Gasteiger partial charge on any atom is 0.332 e. The number of anilines is 2. The van der Waals surface area contributed by atoms with Gasteiger partial charge < -0.3 is 0 Å². The molecule has 1 aromatic carbocycles. The first-order chi connectivity index (χ1) is 12.4. The normalized spacial score (nSPS) is 17.1. The van der Waals surface area contributed by atoms with Gasteiger partial charge in [-0.25, -0.2) is 9.78 Å². The van der Waals surface area contributed by atoms with Gasteiger partial charge >= 0.3 is 6.03 Å². The Kier molecular flexibility index (Phi) is 5.03. The van der Waals surface area contributed by atoms with E-state index in [9.17, 15) is 14.4 Å². The third kappa shape index (κ3) is 3.20. The molecule has 1 fully saturated rings. The average Bonchev–Trinajstić information content (AvgIpc) is 3.15. The number of amides is 4. The van der Waals surface area contributed by atoms with E-state index in [1.165, 1.54) is 28.1 Å². The second kappa shape index (κ2) is 7.25. The number of carbonyl (C=O) groups excluding carboxylic acids is 3. The number of benzene rings is 1. The van der Waals surface area contributed by atoms with Crippen molar-refractivity contribution in [2.75, 3.05) is 16.3 Å². The summed E-state index contributed by atoms with van der Waals surface area (Å²) in [6.45, 7) is 5.68. The van der Waals surface area contributed by atoms with Crippen molar-refractivity contribution in [3.05, 3.63) is 41.4 Å². The largest absolute Gasteiger partial charge is 0.332 e. The Morgan fingerprint density at radius 3 is 2.58 bits per heavy atom. The molecule has 4 amide bonds. The zero-order valence-electron chi connectivity index (χ0n) is 14.9. The first-order valence-electron chi connectivity index (χ1n) is 8.36. The number of hydrogen-bond acceptors (Lipinski definition) is 5. The van der Waals surface area contributed by atoms with E-state index in [4.69, 9.17) is 0 Å². The molecule has 136 valence electrons. The van der Waals surface area contributed by atoms with Crippen molar-refractivity contribution >= 4 is 40.0 Å². The summed E-state index contributed by atoms with van der Waals surface area (Å²) in [7, 11) is 0. The smallest absolute Gasteiger partial charge is 0.289 e. The second-order valence-electron chi connectivity index (χ2n) is 5.97. The molecule has 0 radical (unpaired) electrons. The van der Waals surface area contributed by atoms with Gasteiger partial charge in [-0.3, -0.25) is 24.3 Å². The van der Waals surface area contributed by atoms with Crippen molar-refractivity contribution in [1.82, 2.24) is 9.88 Å². The molecule has 26 heavy (non-hydrogen) atoms. The highest BCUT2D eigenvalue weighted by molar-refractivity contribution is 7.14. The third-order valence-corrected chi connectivity index (χ3v) is 5.18. The van der Waals surface area contributed by atoms with Crippen LogP contribution in [-0.2, 0) is 16.1 Å². The van der Waals surface area contributed by atoms with E-state index in [2.05, 4.69) is 4.98 Å². The van der Waals surface area contributed by atoms with Crippen molar-refractivity contribution in [3.8, 4) is 0 Å². The molecule has 1 atom stereocenters. The number of carbonyl (C=O) groups is 3. The van der Waals surface area contributed by atoms with E-state index in [-0.39, 0.29) is 24.4 Å². The molecule has 1 aromatic heterocycles. The van der Waals surface area contributed by atoms with Gasteiger partial charge in [0.15, 0.2) is 5.13 Å². The van der Waals surface area contributed by atoms with Gasteiger partial charge in [-0.05, 0) is 26.0 Å². The van der Waals surface area contributed by atoms with Crippen LogP contribution in [0, 0.1) is 0 Å². The van der Waals surface area contributed by atoms with Gasteiger partial charge in [-0.2, -0.15) is 0 Å². The van der Waals surface area contributed by atoms with Gasteiger partial charge in [0.25, 0.3) is 5.91 Å².